The Labute approximate surface area is 129 Å². The first kappa shape index (κ1) is 14.0. The van der Waals surface area contributed by atoms with Gasteiger partial charge in [0.2, 0.25) is 5.91 Å². The molecule has 110 valence electrons. The molecule has 3 rings (SSSR count). The lowest BCUT2D eigenvalue weighted by atomic mass is 10.2. The second-order valence-corrected chi connectivity index (χ2v) is 4.80. The molecule has 0 bridgehead atoms. The number of amides is 1. The molecule has 5 nitrogen and oxygen atoms in total. The number of hydrazine groups is 1. The maximum atomic E-state index is 12.3. The molecule has 0 atom stereocenters. The Balaban J connectivity index is 2.01. The van der Waals surface area contributed by atoms with Gasteiger partial charge in [-0.1, -0.05) is 67.6 Å². The normalized spacial score (nSPS) is 14.0. The summed E-state index contributed by atoms with van der Waals surface area (Å²) in [5.41, 5.74) is 4.79. The summed E-state index contributed by atoms with van der Waals surface area (Å²) in [6, 6.07) is 19.1. The molecule has 0 unspecified atom stereocenters. The first-order chi connectivity index (χ1) is 10.8. The van der Waals surface area contributed by atoms with Crippen LogP contribution in [-0.2, 0) is 4.79 Å². The van der Waals surface area contributed by atoms with E-state index in [2.05, 4.69) is 15.6 Å². The van der Waals surface area contributed by atoms with Gasteiger partial charge in [0.1, 0.15) is 0 Å². The van der Waals surface area contributed by atoms with E-state index >= 15 is 0 Å². The molecule has 1 aliphatic rings. The van der Waals surface area contributed by atoms with Crippen LogP contribution in [0.5, 0.6) is 0 Å². The number of carbonyl (C=O) groups is 1. The van der Waals surface area contributed by atoms with Gasteiger partial charge >= 0.3 is 0 Å². The van der Waals surface area contributed by atoms with Crippen LogP contribution >= 0.6 is 0 Å². The van der Waals surface area contributed by atoms with Gasteiger partial charge in [-0.15, -0.1) is 10.2 Å². The molecule has 0 saturated carbocycles. The Morgan fingerprint density at radius 2 is 1.55 bits per heavy atom. The summed E-state index contributed by atoms with van der Waals surface area (Å²) in [4.78, 5) is 12.3. The number of carbonyl (C=O) groups excluding carboxylic acids is 1. The van der Waals surface area contributed by atoms with E-state index in [1.54, 1.807) is 0 Å². The van der Waals surface area contributed by atoms with Crippen molar-refractivity contribution in [3.05, 3.63) is 71.8 Å². The quantitative estimate of drug-likeness (QED) is 0.945. The zero-order valence-corrected chi connectivity index (χ0v) is 12.2. The number of nitrogens with zero attached hydrogens (tertiary/aromatic N) is 3. The van der Waals surface area contributed by atoms with Crippen LogP contribution in [0.4, 0.5) is 0 Å². The van der Waals surface area contributed by atoms with Gasteiger partial charge in [-0.25, -0.2) is 5.01 Å². The van der Waals surface area contributed by atoms with Gasteiger partial charge in [-0.05, 0) is 0 Å². The first-order valence-electron chi connectivity index (χ1n) is 7.15. The van der Waals surface area contributed by atoms with Crippen LogP contribution in [0.2, 0.25) is 0 Å². The summed E-state index contributed by atoms with van der Waals surface area (Å²) >= 11 is 0. The highest BCUT2D eigenvalue weighted by Gasteiger charge is 2.25. The van der Waals surface area contributed by atoms with Crippen LogP contribution in [0.25, 0.3) is 0 Å². The third-order valence-corrected chi connectivity index (χ3v) is 3.31. The van der Waals surface area contributed by atoms with Gasteiger partial charge in [0.05, 0.1) is 0 Å². The van der Waals surface area contributed by atoms with Crippen molar-refractivity contribution in [3.63, 3.8) is 0 Å². The Morgan fingerprint density at radius 3 is 2.14 bits per heavy atom. The molecular formula is C17H16N4O. The summed E-state index contributed by atoms with van der Waals surface area (Å²) in [5.74, 6) is 1.00. The fourth-order valence-electron chi connectivity index (χ4n) is 2.15. The van der Waals surface area contributed by atoms with E-state index in [9.17, 15) is 4.79 Å². The fraction of sp³-hybridized carbons (Fsp3) is 0.118. The van der Waals surface area contributed by atoms with Gasteiger partial charge in [-0.2, -0.15) is 0 Å². The molecule has 0 saturated heterocycles. The maximum absolute atomic E-state index is 12.3. The molecule has 0 radical (unpaired) electrons. The minimum absolute atomic E-state index is 0.0639. The van der Waals surface area contributed by atoms with Gasteiger partial charge in [0.15, 0.2) is 11.7 Å². The van der Waals surface area contributed by atoms with E-state index in [1.165, 1.54) is 5.01 Å². The SMILES string of the molecule is CCC(=O)N1NC(c2ccccc2)=NN=C1c1ccccc1. The first-order valence-corrected chi connectivity index (χ1v) is 7.15. The Kier molecular flexibility index (Phi) is 3.96. The molecule has 0 fully saturated rings. The molecular weight excluding hydrogens is 276 g/mol. The Morgan fingerprint density at radius 1 is 0.955 bits per heavy atom. The standard InChI is InChI=1S/C17H16N4O/c1-2-15(22)21-17(14-11-7-4-8-12-14)19-18-16(20-21)13-9-5-3-6-10-13/h3-12H,2H2,1H3,(H,18,20). The van der Waals surface area contributed by atoms with Gasteiger partial charge < -0.3 is 0 Å². The highest BCUT2D eigenvalue weighted by molar-refractivity contribution is 6.12. The van der Waals surface area contributed by atoms with Gasteiger partial charge in [-0.3, -0.25) is 10.2 Å². The highest BCUT2D eigenvalue weighted by Crippen LogP contribution is 2.12. The highest BCUT2D eigenvalue weighted by atomic mass is 16.2. The van der Waals surface area contributed by atoms with Crippen LogP contribution < -0.4 is 5.43 Å². The second-order valence-electron chi connectivity index (χ2n) is 4.80. The molecule has 5 heteroatoms. The van der Waals surface area contributed by atoms with Crippen molar-refractivity contribution in [1.82, 2.24) is 10.4 Å². The van der Waals surface area contributed by atoms with Crippen molar-refractivity contribution in [2.45, 2.75) is 13.3 Å². The van der Waals surface area contributed by atoms with Crippen molar-refractivity contribution < 1.29 is 4.79 Å². The lowest BCUT2D eigenvalue weighted by Gasteiger charge is -2.28. The number of rotatable bonds is 3. The lowest BCUT2D eigenvalue weighted by molar-refractivity contribution is -0.128. The molecule has 1 aliphatic heterocycles. The Bertz CT molecular complexity index is 723. The number of nitrogens with one attached hydrogen (secondary N) is 1. The molecule has 0 aliphatic carbocycles. The summed E-state index contributed by atoms with van der Waals surface area (Å²) in [5, 5.41) is 9.94. The van der Waals surface area contributed by atoms with E-state index in [1.807, 2.05) is 67.6 Å². The van der Waals surface area contributed by atoms with Crippen molar-refractivity contribution in [2.24, 2.45) is 10.2 Å². The van der Waals surface area contributed by atoms with Crippen molar-refractivity contribution in [1.29, 1.82) is 0 Å². The number of benzene rings is 2. The van der Waals surface area contributed by atoms with Crippen LogP contribution in [0.15, 0.2) is 70.9 Å². The number of hydrogen-bond acceptors (Lipinski definition) is 4. The smallest absolute Gasteiger partial charge is 0.246 e. The average Bonchev–Trinajstić information content (AvgIpc) is 2.62. The molecule has 1 amide bonds. The van der Waals surface area contributed by atoms with E-state index in [-0.39, 0.29) is 5.91 Å². The third-order valence-electron chi connectivity index (χ3n) is 3.31. The largest absolute Gasteiger partial charge is 0.273 e. The monoisotopic (exact) mass is 292 g/mol. The molecule has 2 aromatic rings. The lowest BCUT2D eigenvalue weighted by Crippen LogP contribution is -2.52. The van der Waals surface area contributed by atoms with Gasteiger partial charge in [0.25, 0.3) is 0 Å². The molecule has 22 heavy (non-hydrogen) atoms. The predicted molar refractivity (Wildman–Crippen MR) is 86.2 cm³/mol. The van der Waals surface area contributed by atoms with Crippen molar-refractivity contribution >= 4 is 17.6 Å². The van der Waals surface area contributed by atoms with Crippen molar-refractivity contribution in [2.75, 3.05) is 0 Å². The van der Waals surface area contributed by atoms with Crippen LogP contribution in [0.1, 0.15) is 24.5 Å². The predicted octanol–water partition coefficient (Wildman–Crippen LogP) is 2.55. The fourth-order valence-corrected chi connectivity index (χ4v) is 2.15. The summed E-state index contributed by atoms with van der Waals surface area (Å²) < 4.78 is 0. The van der Waals surface area contributed by atoms with E-state index in [4.69, 9.17) is 0 Å². The molecule has 1 heterocycles. The maximum Gasteiger partial charge on any atom is 0.246 e. The summed E-state index contributed by atoms with van der Waals surface area (Å²) in [6.45, 7) is 1.82. The van der Waals surface area contributed by atoms with Crippen LogP contribution in [0.3, 0.4) is 0 Å². The topological polar surface area (TPSA) is 57.1 Å². The van der Waals surface area contributed by atoms with Gasteiger partial charge in [0, 0.05) is 17.5 Å². The van der Waals surface area contributed by atoms with E-state index in [0.29, 0.717) is 18.1 Å². The average molecular weight is 292 g/mol. The van der Waals surface area contributed by atoms with Crippen LogP contribution in [0, 0.1) is 0 Å². The minimum Gasteiger partial charge on any atom is -0.273 e. The third kappa shape index (κ3) is 2.74. The number of amidine groups is 2. The zero-order chi connectivity index (χ0) is 15.4. The van der Waals surface area contributed by atoms with E-state index in [0.717, 1.165) is 11.1 Å². The van der Waals surface area contributed by atoms with E-state index < -0.39 is 0 Å². The Hall–Kier alpha value is -2.95. The zero-order valence-electron chi connectivity index (χ0n) is 12.2. The summed E-state index contributed by atoms with van der Waals surface area (Å²) in [6.07, 6.45) is 0.376. The molecule has 2 aromatic carbocycles. The molecule has 1 N–H and O–H groups in total. The summed E-state index contributed by atoms with van der Waals surface area (Å²) in [7, 11) is 0. The van der Waals surface area contributed by atoms with Crippen LogP contribution in [-0.4, -0.2) is 22.6 Å². The second kappa shape index (κ2) is 6.22. The molecule has 0 spiro atoms. The minimum atomic E-state index is -0.0639. The molecule has 0 aromatic heterocycles. The number of hydrogen-bond donors (Lipinski definition) is 1. The van der Waals surface area contributed by atoms with Crippen molar-refractivity contribution in [3.8, 4) is 0 Å².